The number of esters is 1. The SMILES string of the molecule is CCN(CCOC(=O)C1([S+]([O-])C(=O)N(CC)CC)CC1)C(=O)[S+]([O-])C(C)CC(=O)O. The summed E-state index contributed by atoms with van der Waals surface area (Å²) in [5, 5.41) is 6.60. The van der Waals surface area contributed by atoms with Crippen molar-refractivity contribution in [1.29, 1.82) is 0 Å². The highest BCUT2D eigenvalue weighted by Crippen LogP contribution is 2.46. The number of amides is 2. The average molecular weight is 467 g/mol. The van der Waals surface area contributed by atoms with E-state index in [4.69, 9.17) is 9.84 Å². The number of carbonyl (C=O) groups is 4. The van der Waals surface area contributed by atoms with Crippen molar-refractivity contribution in [3.05, 3.63) is 0 Å². The van der Waals surface area contributed by atoms with Gasteiger partial charge in [-0.05, 0) is 27.7 Å². The van der Waals surface area contributed by atoms with E-state index >= 15 is 0 Å². The molecule has 3 unspecified atom stereocenters. The minimum Gasteiger partial charge on any atom is -0.607 e. The van der Waals surface area contributed by atoms with E-state index in [1.807, 2.05) is 0 Å². The molecule has 30 heavy (non-hydrogen) atoms. The van der Waals surface area contributed by atoms with Crippen molar-refractivity contribution >= 4 is 44.8 Å². The molecule has 1 saturated carbocycles. The van der Waals surface area contributed by atoms with Crippen LogP contribution in [-0.4, -0.2) is 89.2 Å². The summed E-state index contributed by atoms with van der Waals surface area (Å²) in [6, 6.07) is 0. The summed E-state index contributed by atoms with van der Waals surface area (Å²) in [5.74, 6) is -1.90. The third-order valence-electron chi connectivity index (χ3n) is 4.85. The van der Waals surface area contributed by atoms with Gasteiger partial charge >= 0.3 is 22.4 Å². The maximum atomic E-state index is 12.6. The fraction of sp³-hybridized carbons (Fsp3) is 0.778. The van der Waals surface area contributed by atoms with Crippen LogP contribution < -0.4 is 0 Å². The lowest BCUT2D eigenvalue weighted by Gasteiger charge is -2.25. The molecule has 0 heterocycles. The molecule has 0 bridgehead atoms. The van der Waals surface area contributed by atoms with E-state index in [-0.39, 0.29) is 19.7 Å². The Labute approximate surface area is 182 Å². The van der Waals surface area contributed by atoms with Gasteiger partial charge in [0.15, 0.2) is 0 Å². The lowest BCUT2D eigenvalue weighted by atomic mass is 10.3. The molecule has 12 heteroatoms. The minimum absolute atomic E-state index is 0.0424. The highest BCUT2D eigenvalue weighted by Gasteiger charge is 2.65. The van der Waals surface area contributed by atoms with E-state index in [2.05, 4.69) is 0 Å². The van der Waals surface area contributed by atoms with Crippen LogP contribution in [-0.2, 0) is 36.7 Å². The van der Waals surface area contributed by atoms with Crippen molar-refractivity contribution in [2.75, 3.05) is 32.8 Å². The zero-order valence-corrected chi connectivity index (χ0v) is 19.4. The molecule has 10 nitrogen and oxygen atoms in total. The largest absolute Gasteiger partial charge is 0.607 e. The molecule has 0 aliphatic heterocycles. The van der Waals surface area contributed by atoms with Crippen LogP contribution in [0.3, 0.4) is 0 Å². The van der Waals surface area contributed by atoms with Crippen LogP contribution in [0.15, 0.2) is 0 Å². The fourth-order valence-electron chi connectivity index (χ4n) is 2.72. The zero-order valence-electron chi connectivity index (χ0n) is 17.8. The monoisotopic (exact) mass is 466 g/mol. The number of hydrogen-bond acceptors (Lipinski definition) is 7. The number of nitrogens with zero attached hydrogens (tertiary/aromatic N) is 2. The molecule has 1 aliphatic carbocycles. The van der Waals surface area contributed by atoms with E-state index in [1.54, 1.807) is 20.8 Å². The molecule has 1 N–H and O–H groups in total. The second-order valence-corrected chi connectivity index (χ2v) is 10.3. The Morgan fingerprint density at radius 1 is 1.03 bits per heavy atom. The average Bonchev–Trinajstić information content (AvgIpc) is 3.51. The summed E-state index contributed by atoms with van der Waals surface area (Å²) in [7, 11) is 0. The van der Waals surface area contributed by atoms with E-state index in [1.165, 1.54) is 16.7 Å². The van der Waals surface area contributed by atoms with Crippen molar-refractivity contribution in [2.24, 2.45) is 0 Å². The Hall–Kier alpha value is -1.50. The number of ether oxygens (including phenoxy) is 1. The predicted molar refractivity (Wildman–Crippen MR) is 112 cm³/mol. The van der Waals surface area contributed by atoms with Crippen molar-refractivity contribution in [2.45, 2.75) is 57.0 Å². The van der Waals surface area contributed by atoms with Crippen LogP contribution in [0.2, 0.25) is 0 Å². The Balaban J connectivity index is 2.62. The lowest BCUT2D eigenvalue weighted by molar-refractivity contribution is -0.144. The molecule has 0 spiro atoms. The first-order valence-corrected chi connectivity index (χ1v) is 12.2. The van der Waals surface area contributed by atoms with Crippen molar-refractivity contribution in [1.82, 2.24) is 9.80 Å². The quantitative estimate of drug-likeness (QED) is 0.354. The number of carboxylic acids is 1. The molecular formula is C18H30N2O8S2. The van der Waals surface area contributed by atoms with Gasteiger partial charge in [-0.25, -0.2) is 14.4 Å². The Bertz CT molecular complexity index is 640. The number of likely N-dealkylation sites (N-methyl/N-ethyl adjacent to an activating group) is 1. The second kappa shape index (κ2) is 11.8. The molecule has 1 rings (SSSR count). The van der Waals surface area contributed by atoms with E-state index in [0.717, 1.165) is 0 Å². The topological polar surface area (TPSA) is 150 Å². The Kier molecular flexibility index (Phi) is 10.4. The van der Waals surface area contributed by atoms with Gasteiger partial charge in [0, 0.05) is 43.7 Å². The van der Waals surface area contributed by atoms with E-state index in [9.17, 15) is 28.3 Å². The Morgan fingerprint density at radius 2 is 1.57 bits per heavy atom. The van der Waals surface area contributed by atoms with Gasteiger partial charge in [-0.1, -0.05) is 0 Å². The van der Waals surface area contributed by atoms with Crippen molar-refractivity contribution < 1.29 is 38.1 Å². The van der Waals surface area contributed by atoms with E-state index < -0.39 is 61.2 Å². The number of carboxylic acid groups (broad SMARTS) is 1. The fourth-order valence-corrected chi connectivity index (χ4v) is 5.35. The van der Waals surface area contributed by atoms with Gasteiger partial charge in [0.25, 0.3) is 0 Å². The highest BCUT2D eigenvalue weighted by molar-refractivity contribution is 8.08. The molecule has 0 aromatic heterocycles. The summed E-state index contributed by atoms with van der Waals surface area (Å²) in [6.07, 6.45) is 0.178. The second-order valence-electron chi connectivity index (χ2n) is 6.89. The van der Waals surface area contributed by atoms with Crippen LogP contribution in [0.4, 0.5) is 9.59 Å². The van der Waals surface area contributed by atoms with Crippen LogP contribution in [0.5, 0.6) is 0 Å². The number of hydrogen-bond donors (Lipinski definition) is 1. The predicted octanol–water partition coefficient (Wildman–Crippen LogP) is 1.33. The Morgan fingerprint density at radius 3 is 2.00 bits per heavy atom. The summed E-state index contributed by atoms with van der Waals surface area (Å²) >= 11 is -4.07. The number of aliphatic carboxylic acids is 1. The van der Waals surface area contributed by atoms with Crippen LogP contribution in [0.25, 0.3) is 0 Å². The molecule has 0 saturated heterocycles. The normalized spacial score (nSPS) is 17.4. The van der Waals surface area contributed by atoms with Crippen LogP contribution in [0.1, 0.15) is 47.0 Å². The smallest absolute Gasteiger partial charge is 0.430 e. The summed E-state index contributed by atoms with van der Waals surface area (Å²) in [6.45, 7) is 7.30. The molecule has 172 valence electrons. The molecule has 2 amide bonds. The summed E-state index contributed by atoms with van der Waals surface area (Å²) < 4.78 is 28.7. The van der Waals surface area contributed by atoms with Gasteiger partial charge in [0.2, 0.25) is 4.75 Å². The summed E-state index contributed by atoms with van der Waals surface area (Å²) in [4.78, 5) is 50.4. The highest BCUT2D eigenvalue weighted by atomic mass is 32.2. The molecule has 3 atom stereocenters. The lowest BCUT2D eigenvalue weighted by Crippen LogP contribution is -2.46. The maximum absolute atomic E-state index is 12.6. The molecule has 0 aromatic carbocycles. The van der Waals surface area contributed by atoms with Gasteiger partial charge in [-0.15, -0.1) is 0 Å². The first-order chi connectivity index (χ1) is 14.0. The summed E-state index contributed by atoms with van der Waals surface area (Å²) in [5.41, 5.74) is 0. The molecule has 0 aromatic rings. The number of carbonyl (C=O) groups excluding carboxylic acids is 3. The van der Waals surface area contributed by atoms with Crippen LogP contribution in [0, 0.1) is 0 Å². The van der Waals surface area contributed by atoms with Crippen LogP contribution >= 0.6 is 0 Å². The first-order valence-electron chi connectivity index (χ1n) is 9.84. The van der Waals surface area contributed by atoms with Crippen molar-refractivity contribution in [3.8, 4) is 0 Å². The third kappa shape index (κ3) is 6.50. The van der Waals surface area contributed by atoms with Gasteiger partial charge in [0.1, 0.15) is 11.9 Å². The minimum atomic E-state index is -2.04. The molecule has 0 radical (unpaired) electrons. The van der Waals surface area contributed by atoms with Gasteiger partial charge in [0.05, 0.1) is 24.1 Å². The molecule has 1 fully saturated rings. The zero-order chi connectivity index (χ0) is 23.1. The number of rotatable bonds is 11. The molecular weight excluding hydrogens is 436 g/mol. The van der Waals surface area contributed by atoms with Crippen molar-refractivity contribution in [3.63, 3.8) is 0 Å². The van der Waals surface area contributed by atoms with Gasteiger partial charge < -0.3 is 18.9 Å². The van der Waals surface area contributed by atoms with Gasteiger partial charge in [-0.3, -0.25) is 14.6 Å². The van der Waals surface area contributed by atoms with E-state index in [0.29, 0.717) is 25.9 Å². The van der Waals surface area contributed by atoms with Gasteiger partial charge in [-0.2, -0.15) is 0 Å². The standard InChI is InChI=1S/C18H30N2O8S2/c1-5-19(6-2)17(25)30(27)18(8-9-18)15(23)28-11-10-20(7-3)16(24)29(26)13(4)12-14(21)22/h13H,5-12H2,1-4H3,(H,21,22). The first kappa shape index (κ1) is 26.5. The molecule has 1 aliphatic rings. The maximum Gasteiger partial charge on any atom is 0.430 e. The third-order valence-corrected chi connectivity index (χ3v) is 8.21.